The lowest BCUT2D eigenvalue weighted by molar-refractivity contribution is 0.315. The van der Waals surface area contributed by atoms with Crippen molar-refractivity contribution >= 4 is 15.9 Å². The molecule has 1 aromatic carbocycles. The van der Waals surface area contributed by atoms with Crippen molar-refractivity contribution in [3.8, 4) is 11.5 Å². The normalized spacial score (nSPS) is 9.92. The van der Waals surface area contributed by atoms with Crippen molar-refractivity contribution in [1.82, 2.24) is 0 Å². The summed E-state index contributed by atoms with van der Waals surface area (Å²) in [6.07, 6.45) is 0. The minimum absolute atomic E-state index is 0.0647. The van der Waals surface area contributed by atoms with E-state index in [1.54, 1.807) is 6.92 Å². The molecule has 0 saturated carbocycles. The van der Waals surface area contributed by atoms with E-state index in [0.29, 0.717) is 6.61 Å². The van der Waals surface area contributed by atoms with Gasteiger partial charge in [0.05, 0.1) is 11.1 Å². The summed E-state index contributed by atoms with van der Waals surface area (Å²) in [7, 11) is 0. The van der Waals surface area contributed by atoms with Crippen LogP contribution in [0.2, 0.25) is 0 Å². The Balaban J connectivity index is 3.05. The molecule has 0 aromatic heterocycles. The highest BCUT2D eigenvalue weighted by Gasteiger charge is 2.07. The number of benzene rings is 1. The number of aromatic hydroxyl groups is 1. The van der Waals surface area contributed by atoms with Crippen LogP contribution in [0.5, 0.6) is 11.5 Å². The van der Waals surface area contributed by atoms with Crippen LogP contribution in [0.4, 0.5) is 4.39 Å². The fraction of sp³-hybridized carbons (Fsp3) is 0.250. The van der Waals surface area contributed by atoms with Gasteiger partial charge in [-0.1, -0.05) is 0 Å². The number of ether oxygens (including phenoxy) is 1. The van der Waals surface area contributed by atoms with Crippen LogP contribution >= 0.6 is 15.9 Å². The van der Waals surface area contributed by atoms with Gasteiger partial charge in [-0.2, -0.15) is 0 Å². The van der Waals surface area contributed by atoms with Gasteiger partial charge in [0.25, 0.3) is 0 Å². The Bertz CT molecular complexity index is 289. The Morgan fingerprint density at radius 3 is 2.83 bits per heavy atom. The first-order valence-corrected chi connectivity index (χ1v) is 4.25. The van der Waals surface area contributed by atoms with E-state index in [9.17, 15) is 9.50 Å². The second-order valence-electron chi connectivity index (χ2n) is 2.17. The lowest BCUT2D eigenvalue weighted by atomic mass is 10.3. The van der Waals surface area contributed by atoms with E-state index in [1.165, 1.54) is 6.07 Å². The van der Waals surface area contributed by atoms with Crippen molar-refractivity contribution in [3.05, 3.63) is 22.4 Å². The topological polar surface area (TPSA) is 29.5 Å². The van der Waals surface area contributed by atoms with Gasteiger partial charge < -0.3 is 9.84 Å². The van der Waals surface area contributed by atoms with Crippen LogP contribution < -0.4 is 4.74 Å². The summed E-state index contributed by atoms with van der Waals surface area (Å²) in [5.74, 6) is -0.348. The molecule has 0 aliphatic carbocycles. The molecule has 0 bridgehead atoms. The second-order valence-corrected chi connectivity index (χ2v) is 3.02. The highest BCUT2D eigenvalue weighted by Crippen LogP contribution is 2.31. The maximum Gasteiger partial charge on any atom is 0.163 e. The molecule has 1 rings (SSSR count). The van der Waals surface area contributed by atoms with Crippen LogP contribution in [0, 0.1) is 5.82 Å². The third-order valence-corrected chi connectivity index (χ3v) is 1.91. The smallest absolute Gasteiger partial charge is 0.163 e. The molecule has 1 N–H and O–H groups in total. The molecule has 1 aromatic rings. The summed E-state index contributed by atoms with van der Waals surface area (Å²) >= 11 is 2.94. The molecule has 66 valence electrons. The predicted molar refractivity (Wildman–Crippen MR) is 46.9 cm³/mol. The lowest BCUT2D eigenvalue weighted by Gasteiger charge is -2.05. The molecule has 0 amide bonds. The Labute approximate surface area is 78.1 Å². The zero-order valence-electron chi connectivity index (χ0n) is 6.47. The van der Waals surface area contributed by atoms with E-state index in [1.807, 2.05) is 0 Å². The van der Waals surface area contributed by atoms with E-state index < -0.39 is 5.82 Å². The molecule has 4 heteroatoms. The molecule has 0 fully saturated rings. The molecular formula is C8H8BrFO2. The minimum Gasteiger partial charge on any atom is -0.504 e. The highest BCUT2D eigenvalue weighted by atomic mass is 79.9. The van der Waals surface area contributed by atoms with Gasteiger partial charge >= 0.3 is 0 Å². The second kappa shape index (κ2) is 3.76. The van der Waals surface area contributed by atoms with Crippen LogP contribution in [-0.2, 0) is 0 Å². The van der Waals surface area contributed by atoms with Crippen molar-refractivity contribution in [2.75, 3.05) is 6.61 Å². The molecule has 0 saturated heterocycles. The average Bonchev–Trinajstić information content (AvgIpc) is 2.01. The first kappa shape index (κ1) is 9.32. The van der Waals surface area contributed by atoms with Gasteiger partial charge in [-0.05, 0) is 22.9 Å². The average molecular weight is 235 g/mol. The van der Waals surface area contributed by atoms with Crippen LogP contribution in [0.25, 0.3) is 0 Å². The maximum absolute atomic E-state index is 12.8. The highest BCUT2D eigenvalue weighted by molar-refractivity contribution is 9.10. The molecule has 12 heavy (non-hydrogen) atoms. The van der Waals surface area contributed by atoms with Crippen molar-refractivity contribution in [2.45, 2.75) is 6.92 Å². The Morgan fingerprint density at radius 2 is 2.25 bits per heavy atom. The quantitative estimate of drug-likeness (QED) is 0.853. The van der Waals surface area contributed by atoms with Crippen LogP contribution in [0.1, 0.15) is 6.92 Å². The summed E-state index contributed by atoms with van der Waals surface area (Å²) in [5, 5.41) is 9.23. The number of hydrogen-bond acceptors (Lipinski definition) is 2. The van der Waals surface area contributed by atoms with Gasteiger partial charge in [-0.25, -0.2) is 4.39 Å². The van der Waals surface area contributed by atoms with E-state index >= 15 is 0 Å². The standard InChI is InChI=1S/C8H8BrFO2/c1-2-12-8-4-6(10)5(9)3-7(8)11/h3-4,11H,2H2,1H3. The summed E-state index contributed by atoms with van der Waals surface area (Å²) in [6.45, 7) is 2.16. The number of hydrogen-bond donors (Lipinski definition) is 1. The molecule has 0 unspecified atom stereocenters. The van der Waals surface area contributed by atoms with Gasteiger partial charge in [0, 0.05) is 12.1 Å². The van der Waals surface area contributed by atoms with E-state index in [4.69, 9.17) is 4.74 Å². The predicted octanol–water partition coefficient (Wildman–Crippen LogP) is 2.69. The van der Waals surface area contributed by atoms with Gasteiger partial charge in [-0.15, -0.1) is 0 Å². The molecular weight excluding hydrogens is 227 g/mol. The molecule has 0 aliphatic heterocycles. The first-order chi connectivity index (χ1) is 5.65. The fourth-order valence-electron chi connectivity index (χ4n) is 0.789. The minimum atomic E-state index is -0.448. The van der Waals surface area contributed by atoms with Gasteiger partial charge in [0.2, 0.25) is 0 Å². The molecule has 0 aliphatic rings. The van der Waals surface area contributed by atoms with Gasteiger partial charge in [0.15, 0.2) is 11.5 Å². The summed E-state index contributed by atoms with van der Waals surface area (Å²) in [5.41, 5.74) is 0. The summed E-state index contributed by atoms with van der Waals surface area (Å²) < 4.78 is 18.0. The van der Waals surface area contributed by atoms with Crippen molar-refractivity contribution in [3.63, 3.8) is 0 Å². The third-order valence-electron chi connectivity index (χ3n) is 1.30. The number of phenols is 1. The first-order valence-electron chi connectivity index (χ1n) is 3.46. The fourth-order valence-corrected chi connectivity index (χ4v) is 1.12. The molecule has 2 nitrogen and oxygen atoms in total. The van der Waals surface area contributed by atoms with Gasteiger partial charge in [0.1, 0.15) is 5.82 Å². The van der Waals surface area contributed by atoms with Gasteiger partial charge in [-0.3, -0.25) is 0 Å². The zero-order chi connectivity index (χ0) is 9.14. The molecule has 0 heterocycles. The largest absolute Gasteiger partial charge is 0.504 e. The summed E-state index contributed by atoms with van der Waals surface area (Å²) in [4.78, 5) is 0. The number of rotatable bonds is 2. The van der Waals surface area contributed by atoms with Crippen molar-refractivity contribution in [1.29, 1.82) is 0 Å². The van der Waals surface area contributed by atoms with E-state index in [2.05, 4.69) is 15.9 Å². The van der Waals surface area contributed by atoms with Crippen molar-refractivity contribution in [2.24, 2.45) is 0 Å². The maximum atomic E-state index is 12.8. The Hall–Kier alpha value is -0.770. The van der Waals surface area contributed by atoms with Crippen molar-refractivity contribution < 1.29 is 14.2 Å². The van der Waals surface area contributed by atoms with E-state index in [-0.39, 0.29) is 16.0 Å². The molecule has 0 radical (unpaired) electrons. The molecule has 0 spiro atoms. The van der Waals surface area contributed by atoms with E-state index in [0.717, 1.165) is 6.07 Å². The Kier molecular flexibility index (Phi) is 2.92. The summed E-state index contributed by atoms with van der Waals surface area (Å²) in [6, 6.07) is 2.41. The van der Waals surface area contributed by atoms with Crippen LogP contribution in [0.15, 0.2) is 16.6 Å². The molecule has 0 atom stereocenters. The monoisotopic (exact) mass is 234 g/mol. The Morgan fingerprint density at radius 1 is 1.58 bits per heavy atom. The third kappa shape index (κ3) is 1.88. The van der Waals surface area contributed by atoms with Crippen LogP contribution in [0.3, 0.4) is 0 Å². The zero-order valence-corrected chi connectivity index (χ0v) is 8.06. The number of halogens is 2. The van der Waals surface area contributed by atoms with Crippen LogP contribution in [-0.4, -0.2) is 11.7 Å². The lowest BCUT2D eigenvalue weighted by Crippen LogP contribution is -1.92. The number of phenolic OH excluding ortho intramolecular Hbond substituents is 1. The SMILES string of the molecule is CCOc1cc(F)c(Br)cc1O.